The Morgan fingerprint density at radius 1 is 1.08 bits per heavy atom. The summed E-state index contributed by atoms with van der Waals surface area (Å²) >= 11 is 0. The summed E-state index contributed by atoms with van der Waals surface area (Å²) < 4.78 is 41.7. The number of benzene rings is 2. The Hall–Kier alpha value is -3.22. The zero-order chi connectivity index (χ0) is 19.1. The second kappa shape index (κ2) is 8.75. The Morgan fingerprint density at radius 2 is 1.85 bits per heavy atom. The van der Waals surface area contributed by atoms with Gasteiger partial charge in [0.05, 0.1) is 19.8 Å². The summed E-state index contributed by atoms with van der Waals surface area (Å²) in [5, 5.41) is 0. The van der Waals surface area contributed by atoms with Crippen LogP contribution in [-0.2, 0) is 9.53 Å². The van der Waals surface area contributed by atoms with Gasteiger partial charge in [-0.25, -0.2) is 13.6 Å². The third kappa shape index (κ3) is 4.66. The van der Waals surface area contributed by atoms with E-state index in [0.717, 1.165) is 24.3 Å². The van der Waals surface area contributed by atoms with E-state index in [2.05, 4.69) is 0 Å². The van der Waals surface area contributed by atoms with Gasteiger partial charge in [-0.1, -0.05) is 12.1 Å². The van der Waals surface area contributed by atoms with Crippen molar-refractivity contribution in [1.82, 2.24) is 0 Å². The van der Waals surface area contributed by atoms with E-state index in [-0.39, 0.29) is 0 Å². The summed E-state index contributed by atoms with van der Waals surface area (Å²) in [5.74, 6) is -2.39. The van der Waals surface area contributed by atoms with Crippen molar-refractivity contribution in [2.75, 3.05) is 20.8 Å². The van der Waals surface area contributed by atoms with Crippen LogP contribution in [0.4, 0.5) is 8.78 Å². The maximum Gasteiger partial charge on any atom is 0.331 e. The molecule has 0 spiro atoms. The average molecular weight is 362 g/mol. The van der Waals surface area contributed by atoms with E-state index in [1.165, 1.54) is 20.3 Å². The quantitative estimate of drug-likeness (QED) is 0.429. The fourth-order valence-corrected chi connectivity index (χ4v) is 2.17. The van der Waals surface area contributed by atoms with Gasteiger partial charge < -0.3 is 14.2 Å². The molecule has 0 aromatic heterocycles. The molecule has 0 radical (unpaired) electrons. The predicted molar refractivity (Wildman–Crippen MR) is 90.2 cm³/mol. The van der Waals surface area contributed by atoms with Gasteiger partial charge in [-0.3, -0.25) is 4.79 Å². The topological polar surface area (TPSA) is 61.8 Å². The minimum Gasteiger partial charge on any atom is -0.493 e. The Morgan fingerprint density at radius 3 is 2.54 bits per heavy atom. The lowest BCUT2D eigenvalue weighted by atomic mass is 10.1. The third-order valence-corrected chi connectivity index (χ3v) is 3.41. The van der Waals surface area contributed by atoms with Crippen LogP contribution in [0.1, 0.15) is 15.9 Å². The van der Waals surface area contributed by atoms with Gasteiger partial charge in [0.25, 0.3) is 0 Å². The normalized spacial score (nSPS) is 10.6. The summed E-state index contributed by atoms with van der Waals surface area (Å²) in [6, 6.07) is 7.58. The van der Waals surface area contributed by atoms with Gasteiger partial charge in [0.2, 0.25) is 5.78 Å². The molecule has 5 nitrogen and oxygen atoms in total. The molecular weight excluding hydrogens is 346 g/mol. The molecule has 136 valence electrons. The standard InChI is InChI=1S/C19H16F2O5/c1-24-17-5-3-4-12(19(17)25-2)6-9-18(23)26-11-16(22)14-10-13(20)7-8-15(14)21/h3-10H,11H2,1-2H3/b9-6+. The Labute approximate surface area is 148 Å². The number of hydrogen-bond acceptors (Lipinski definition) is 5. The summed E-state index contributed by atoms with van der Waals surface area (Å²) in [5.41, 5.74) is 0.0857. The lowest BCUT2D eigenvalue weighted by Gasteiger charge is -2.09. The number of esters is 1. The molecular formula is C19H16F2O5. The number of carbonyl (C=O) groups is 2. The minimum absolute atomic E-state index is 0.428. The zero-order valence-corrected chi connectivity index (χ0v) is 14.1. The van der Waals surface area contributed by atoms with Crippen molar-refractivity contribution in [2.45, 2.75) is 0 Å². The van der Waals surface area contributed by atoms with Gasteiger partial charge in [0.1, 0.15) is 11.6 Å². The molecule has 0 fully saturated rings. The van der Waals surface area contributed by atoms with Crippen LogP contribution in [-0.4, -0.2) is 32.6 Å². The van der Waals surface area contributed by atoms with Crippen molar-refractivity contribution < 1.29 is 32.6 Å². The van der Waals surface area contributed by atoms with Crippen LogP contribution in [0, 0.1) is 11.6 Å². The highest BCUT2D eigenvalue weighted by Gasteiger charge is 2.14. The first kappa shape index (κ1) is 19.1. The fourth-order valence-electron chi connectivity index (χ4n) is 2.17. The molecule has 0 aliphatic heterocycles. The van der Waals surface area contributed by atoms with E-state index in [0.29, 0.717) is 17.1 Å². The van der Waals surface area contributed by atoms with Crippen LogP contribution in [0.3, 0.4) is 0 Å². The first-order valence-corrected chi connectivity index (χ1v) is 7.50. The van der Waals surface area contributed by atoms with Crippen molar-refractivity contribution in [3.8, 4) is 11.5 Å². The van der Waals surface area contributed by atoms with Crippen molar-refractivity contribution >= 4 is 17.8 Å². The van der Waals surface area contributed by atoms with Crippen LogP contribution in [0.15, 0.2) is 42.5 Å². The van der Waals surface area contributed by atoms with E-state index in [1.54, 1.807) is 18.2 Å². The van der Waals surface area contributed by atoms with Crippen LogP contribution in [0.25, 0.3) is 6.08 Å². The molecule has 7 heteroatoms. The number of carbonyl (C=O) groups excluding carboxylic acids is 2. The first-order valence-electron chi connectivity index (χ1n) is 7.50. The van der Waals surface area contributed by atoms with Crippen molar-refractivity contribution in [1.29, 1.82) is 0 Å². The summed E-state index contributed by atoms with van der Waals surface area (Å²) in [6.45, 7) is -0.710. The number of hydrogen-bond donors (Lipinski definition) is 0. The molecule has 0 saturated carbocycles. The summed E-state index contributed by atoms with van der Waals surface area (Å²) in [6.07, 6.45) is 2.52. The Bertz CT molecular complexity index is 846. The SMILES string of the molecule is COc1cccc(/C=C/C(=O)OCC(=O)c2cc(F)ccc2F)c1OC. The maximum absolute atomic E-state index is 13.5. The maximum atomic E-state index is 13.5. The second-order valence-corrected chi connectivity index (χ2v) is 5.07. The first-order chi connectivity index (χ1) is 12.5. The van der Waals surface area contributed by atoms with Crippen molar-refractivity contribution in [3.63, 3.8) is 0 Å². The highest BCUT2D eigenvalue weighted by Crippen LogP contribution is 2.31. The van der Waals surface area contributed by atoms with Gasteiger partial charge in [-0.15, -0.1) is 0 Å². The summed E-state index contributed by atoms with van der Waals surface area (Å²) in [7, 11) is 2.94. The molecule has 26 heavy (non-hydrogen) atoms. The molecule has 0 aliphatic carbocycles. The lowest BCUT2D eigenvalue weighted by molar-refractivity contribution is -0.136. The molecule has 0 bridgehead atoms. The van der Waals surface area contributed by atoms with Crippen LogP contribution in [0.5, 0.6) is 11.5 Å². The van der Waals surface area contributed by atoms with E-state index >= 15 is 0 Å². The molecule has 0 amide bonds. The number of Topliss-reactive ketones (excluding diaryl/α,β-unsaturated/α-hetero) is 1. The van der Waals surface area contributed by atoms with Gasteiger partial charge in [-0.2, -0.15) is 0 Å². The van der Waals surface area contributed by atoms with Crippen molar-refractivity contribution in [2.24, 2.45) is 0 Å². The van der Waals surface area contributed by atoms with E-state index in [9.17, 15) is 18.4 Å². The van der Waals surface area contributed by atoms with Gasteiger partial charge in [0, 0.05) is 11.6 Å². The average Bonchev–Trinajstić information content (AvgIpc) is 2.65. The molecule has 2 aromatic rings. The van der Waals surface area contributed by atoms with Crippen molar-refractivity contribution in [3.05, 3.63) is 65.2 Å². The number of halogens is 2. The van der Waals surface area contributed by atoms with Crippen LogP contribution in [0.2, 0.25) is 0 Å². The third-order valence-electron chi connectivity index (χ3n) is 3.41. The Kier molecular flexibility index (Phi) is 6.43. The lowest BCUT2D eigenvalue weighted by Crippen LogP contribution is -2.14. The number of ether oxygens (including phenoxy) is 3. The molecule has 0 heterocycles. The molecule has 0 atom stereocenters. The molecule has 0 N–H and O–H groups in total. The monoisotopic (exact) mass is 362 g/mol. The summed E-state index contributed by atoms with van der Waals surface area (Å²) in [4.78, 5) is 23.6. The van der Waals surface area contributed by atoms with E-state index in [4.69, 9.17) is 14.2 Å². The second-order valence-electron chi connectivity index (χ2n) is 5.07. The fraction of sp³-hybridized carbons (Fsp3) is 0.158. The van der Waals surface area contributed by atoms with Gasteiger partial charge in [0.15, 0.2) is 18.1 Å². The number of rotatable bonds is 7. The zero-order valence-electron chi connectivity index (χ0n) is 14.1. The van der Waals surface area contributed by atoms with E-state index in [1.807, 2.05) is 0 Å². The Balaban J connectivity index is 2.02. The smallest absolute Gasteiger partial charge is 0.331 e. The molecule has 0 aliphatic rings. The van der Waals surface area contributed by atoms with Crippen LogP contribution >= 0.6 is 0 Å². The molecule has 2 aromatic carbocycles. The predicted octanol–water partition coefficient (Wildman–Crippen LogP) is 3.42. The number of para-hydroxylation sites is 1. The van der Waals surface area contributed by atoms with Crippen LogP contribution < -0.4 is 9.47 Å². The molecule has 0 saturated heterocycles. The number of methoxy groups -OCH3 is 2. The van der Waals surface area contributed by atoms with E-state index < -0.39 is 35.6 Å². The molecule has 0 unspecified atom stereocenters. The highest BCUT2D eigenvalue weighted by atomic mass is 19.1. The largest absolute Gasteiger partial charge is 0.493 e. The number of ketones is 1. The highest BCUT2D eigenvalue weighted by molar-refractivity contribution is 5.99. The minimum atomic E-state index is -0.885. The van der Waals surface area contributed by atoms with Gasteiger partial charge in [-0.05, 0) is 30.3 Å². The van der Waals surface area contributed by atoms with Gasteiger partial charge >= 0.3 is 5.97 Å². The molecule has 2 rings (SSSR count).